The Kier molecular flexibility index (Phi) is 25.2. The molecule has 0 bridgehead atoms. The number of hydrogen-bond donors (Lipinski definition) is 4. The van der Waals surface area contributed by atoms with Gasteiger partial charge in [0.1, 0.15) is 62.4 Å². The predicted octanol–water partition coefficient (Wildman–Crippen LogP) is 10.7. The van der Waals surface area contributed by atoms with E-state index in [0.29, 0.717) is 82.2 Å². The van der Waals surface area contributed by atoms with Gasteiger partial charge in [0, 0.05) is 123 Å². The van der Waals surface area contributed by atoms with E-state index in [9.17, 15) is 72.0 Å². The number of fused-ring (bicyclic) bond motifs is 4. The zero-order valence-corrected chi connectivity index (χ0v) is 70.4. The molecule has 4 aliphatic carbocycles. The maximum Gasteiger partial charge on any atom is 0.271 e. The van der Waals surface area contributed by atoms with Crippen LogP contribution in [0.2, 0.25) is 0 Å². The van der Waals surface area contributed by atoms with Gasteiger partial charge in [-0.3, -0.25) is 57.2 Å². The number of sulfonamides is 4. The Morgan fingerprint density at radius 3 is 0.814 bits per heavy atom. The molecule has 26 nitrogen and oxygen atoms in total. The quantitative estimate of drug-likeness (QED) is 0.0658. The molecular formula is C77H74Br2N10O16S8. The Morgan fingerprint density at radius 2 is 0.566 bits per heavy atom. The van der Waals surface area contributed by atoms with Crippen molar-refractivity contribution in [2.45, 2.75) is 62.3 Å². The van der Waals surface area contributed by atoms with Crippen LogP contribution in [0.5, 0.6) is 0 Å². The molecular weight excluding hydrogens is 1740 g/mol. The van der Waals surface area contributed by atoms with Gasteiger partial charge in [-0.2, -0.15) is 0 Å². The average molecular weight is 1810 g/mol. The molecule has 113 heavy (non-hydrogen) atoms. The van der Waals surface area contributed by atoms with Crippen LogP contribution < -0.4 is 18.9 Å². The third kappa shape index (κ3) is 17.5. The van der Waals surface area contributed by atoms with Crippen LogP contribution in [0.4, 0.5) is 0 Å². The summed E-state index contributed by atoms with van der Waals surface area (Å²) in [6.07, 6.45) is 5.67. The number of ketones is 8. The average Bonchev–Trinajstić information content (AvgIpc) is 1.51. The number of halogens is 2. The van der Waals surface area contributed by atoms with E-state index in [1.54, 1.807) is 132 Å². The number of benzene rings is 4. The van der Waals surface area contributed by atoms with E-state index in [1.165, 1.54) is 24.3 Å². The third-order valence-corrected chi connectivity index (χ3v) is 32.2. The minimum Gasteiger partial charge on any atom is -0.367 e. The maximum absolute atomic E-state index is 13.3. The van der Waals surface area contributed by atoms with Crippen LogP contribution in [-0.2, 0) is 40.1 Å². The first kappa shape index (κ1) is 82.1. The van der Waals surface area contributed by atoms with E-state index >= 15 is 0 Å². The van der Waals surface area contributed by atoms with Gasteiger partial charge in [0.2, 0.25) is 46.3 Å². The van der Waals surface area contributed by atoms with Crippen molar-refractivity contribution in [1.29, 1.82) is 0 Å². The molecule has 590 valence electrons. The van der Waals surface area contributed by atoms with Gasteiger partial charge < -0.3 is 29.4 Å². The largest absolute Gasteiger partial charge is 0.367 e. The summed E-state index contributed by atoms with van der Waals surface area (Å²) < 4.78 is 114. The number of nitrogens with one attached hydrogen (secondary N) is 4. The van der Waals surface area contributed by atoms with Crippen molar-refractivity contribution in [1.82, 2.24) is 48.3 Å². The van der Waals surface area contributed by atoms with Gasteiger partial charge in [-0.1, -0.05) is 116 Å². The molecule has 4 saturated heterocycles. The summed E-state index contributed by atoms with van der Waals surface area (Å²) in [4.78, 5) is 117. The summed E-state index contributed by atoms with van der Waals surface area (Å²) in [6.45, 7) is 10.5. The van der Waals surface area contributed by atoms with Crippen LogP contribution in [0.3, 0.4) is 0 Å². The molecule has 4 aromatic heterocycles. The number of likely N-dealkylation sites (tertiary alicyclic amines) is 2. The number of nitrogens with zero attached hydrogens (tertiary/aromatic N) is 6. The first-order valence-electron chi connectivity index (χ1n) is 35.9. The number of carbonyl (C=O) groups excluding carboxylic acids is 8. The summed E-state index contributed by atoms with van der Waals surface area (Å²) in [6, 6.07) is 38.5. The van der Waals surface area contributed by atoms with E-state index in [4.69, 9.17) is 0 Å². The number of allylic oxidation sites excluding steroid dienone is 8. The van der Waals surface area contributed by atoms with Crippen molar-refractivity contribution in [3.63, 3.8) is 0 Å². The predicted molar refractivity (Wildman–Crippen MR) is 436 cm³/mol. The van der Waals surface area contributed by atoms with Crippen LogP contribution in [0.25, 0.3) is 0 Å². The van der Waals surface area contributed by atoms with Crippen LogP contribution in [0.1, 0.15) is 128 Å². The molecule has 8 aromatic rings. The zero-order chi connectivity index (χ0) is 80.3. The molecule has 0 amide bonds. The first-order chi connectivity index (χ1) is 54.1. The smallest absolute Gasteiger partial charge is 0.271 e. The maximum atomic E-state index is 13.3. The van der Waals surface area contributed by atoms with E-state index in [1.807, 2.05) is 26.6 Å². The normalized spacial score (nSPS) is 18.0. The summed E-state index contributed by atoms with van der Waals surface area (Å²) in [5, 5.41) is 3.30. The zero-order valence-electron chi connectivity index (χ0n) is 60.7. The molecule has 16 rings (SSSR count). The van der Waals surface area contributed by atoms with Gasteiger partial charge in [0.15, 0.2) is 0 Å². The van der Waals surface area contributed by atoms with Crippen molar-refractivity contribution >= 4 is 164 Å². The van der Waals surface area contributed by atoms with E-state index in [0.717, 1.165) is 117 Å². The second-order valence-corrected chi connectivity index (χ2v) is 41.4. The molecule has 36 heteroatoms. The monoisotopic (exact) mass is 1810 g/mol. The standard InChI is InChI=1S/C20H21N3O4S2.2C19H17BrN2O4S2.C19H19N3O4S2/c1-2-22-9-11-23(12-10-22)18-17(21-29(26,27)16-8-5-13-28-16)19(24)14-6-3-4-7-15(14)20(18)25;2*20-14-8-9-15(27-14)28(25,26)21-16-17(22-10-4-1-5-11-22)19(24)13-7-3-2-6-12(13)18(16)23;1-21-8-10-22(11-9-21)17-16(20-28(25,26)15-7-4-12-27-15)18(23)13-5-2-3-6-14(13)19(17)24/h3-8,13,21H,2,9-12H2,1H3;2*2-3,6-9,21H,1,4-5,10-11H2;2-7,12,20H,8-11H2,1H3. The van der Waals surface area contributed by atoms with Crippen molar-refractivity contribution < 1.29 is 72.0 Å². The van der Waals surface area contributed by atoms with Crippen LogP contribution in [-0.4, -0.2) is 201 Å². The minimum absolute atomic E-state index is 0.0731. The van der Waals surface area contributed by atoms with Crippen LogP contribution >= 0.6 is 77.2 Å². The molecule has 0 saturated carbocycles. The molecule has 8 aliphatic rings. The Hall–Kier alpha value is -8.92. The van der Waals surface area contributed by atoms with Gasteiger partial charge >= 0.3 is 0 Å². The molecule has 4 fully saturated rings. The van der Waals surface area contributed by atoms with E-state index < -0.39 is 63.2 Å². The fraction of sp³-hybridized carbons (Fsp3) is 0.273. The highest BCUT2D eigenvalue weighted by molar-refractivity contribution is 9.11. The van der Waals surface area contributed by atoms with E-state index in [-0.39, 0.29) is 108 Å². The van der Waals surface area contributed by atoms with Gasteiger partial charge in [-0.05, 0) is 131 Å². The SMILES string of the molecule is CCN1CCN(C2=C(NS(=O)(=O)c3cccs3)C(=O)c3ccccc3C2=O)CC1.CN1CCN(C2=C(NS(=O)(=O)c3cccs3)C(=O)c3ccccc3C2=O)CC1.O=C1C(NS(=O)(=O)c2ccc(Br)s2)=C(N2CCCCC2)C(=O)c2ccccc21.O=C1C(NS(=O)(=O)c2ccc(Br)s2)=C(N2CCCCC2)C(=O)c2ccccc21. The number of carbonyl (C=O) groups is 8. The van der Waals surface area contributed by atoms with Gasteiger partial charge in [0.05, 0.1) is 7.57 Å². The number of piperazine rings is 2. The number of likely N-dealkylation sites (N-methyl/N-ethyl adjacent to an activating group) is 2. The van der Waals surface area contributed by atoms with Gasteiger partial charge in [-0.25, -0.2) is 33.7 Å². The molecule has 0 unspecified atom stereocenters. The van der Waals surface area contributed by atoms with Gasteiger partial charge in [-0.15, -0.1) is 45.3 Å². The highest BCUT2D eigenvalue weighted by Crippen LogP contribution is 2.37. The fourth-order valence-electron chi connectivity index (χ4n) is 14.0. The number of Topliss-reactive ketones (excluding diaryl/α,β-unsaturated/α-hetero) is 8. The molecule has 4 N–H and O–H groups in total. The number of piperidine rings is 2. The Balaban J connectivity index is 0.000000132. The Labute approximate surface area is 686 Å². The lowest BCUT2D eigenvalue weighted by Gasteiger charge is -2.38. The first-order valence-corrected chi connectivity index (χ1v) is 46.8. The highest BCUT2D eigenvalue weighted by atomic mass is 79.9. The van der Waals surface area contributed by atoms with Crippen LogP contribution in [0, 0.1) is 0 Å². The third-order valence-electron chi connectivity index (χ3n) is 19.8. The molecule has 4 aromatic carbocycles. The molecule has 0 atom stereocenters. The molecule has 4 aliphatic heterocycles. The summed E-state index contributed by atoms with van der Waals surface area (Å²) in [7, 11) is -13.9. The lowest BCUT2D eigenvalue weighted by atomic mass is 9.89. The topological polar surface area (TPSA) is 341 Å². The molecule has 0 spiro atoms. The molecule has 0 radical (unpaired) electrons. The summed E-state index contributed by atoms with van der Waals surface area (Å²) >= 11 is 10.7. The van der Waals surface area contributed by atoms with Crippen molar-refractivity contribution in [2.75, 3.05) is 92.1 Å². The molecule has 8 heterocycles. The second kappa shape index (κ2) is 34.6. The number of hydrogen-bond acceptors (Lipinski definition) is 26. The van der Waals surface area contributed by atoms with Crippen molar-refractivity contribution in [3.8, 4) is 0 Å². The Morgan fingerprint density at radius 1 is 0.310 bits per heavy atom. The summed E-state index contributed by atoms with van der Waals surface area (Å²) in [5.41, 5.74) is 2.07. The lowest BCUT2D eigenvalue weighted by Crippen LogP contribution is -2.49. The van der Waals surface area contributed by atoms with E-state index in [2.05, 4.69) is 67.5 Å². The van der Waals surface area contributed by atoms with Crippen molar-refractivity contribution in [3.05, 3.63) is 254 Å². The van der Waals surface area contributed by atoms with Crippen molar-refractivity contribution in [2.24, 2.45) is 0 Å². The highest BCUT2D eigenvalue weighted by Gasteiger charge is 2.43. The second-order valence-electron chi connectivity index (χ2n) is 26.9. The Bertz CT molecular complexity index is 5570. The summed E-state index contributed by atoms with van der Waals surface area (Å²) in [5.74, 6) is -3.20. The minimum atomic E-state index is -3.99. The lowest BCUT2D eigenvalue weighted by molar-refractivity contribution is 0.0904. The number of thiophene rings is 4. The fourth-order valence-corrected chi connectivity index (χ4v) is 24.3. The number of rotatable bonds is 17. The van der Waals surface area contributed by atoms with Crippen LogP contribution in [0.15, 0.2) is 226 Å². The van der Waals surface area contributed by atoms with Gasteiger partial charge in [0.25, 0.3) is 40.1 Å².